The molecule has 0 saturated carbocycles. The molecule has 90 valence electrons. The molecule has 18 heavy (non-hydrogen) atoms. The van der Waals surface area contributed by atoms with E-state index in [4.69, 9.17) is 0 Å². The fourth-order valence-corrected chi connectivity index (χ4v) is 2.57. The number of hydrogen-bond acceptors (Lipinski definition) is 4. The largest absolute Gasteiger partial charge is 0.378 e. The maximum Gasteiger partial charge on any atom is 0.0923 e. The van der Waals surface area contributed by atoms with Crippen molar-refractivity contribution in [3.63, 3.8) is 0 Å². The fraction of sp³-hybridized carbons (Fsp3) is 0.0769. The van der Waals surface area contributed by atoms with Crippen molar-refractivity contribution >= 4 is 17.0 Å². The molecule has 0 aliphatic heterocycles. The van der Waals surface area contributed by atoms with Crippen LogP contribution < -0.4 is 5.32 Å². The summed E-state index contributed by atoms with van der Waals surface area (Å²) in [6.07, 6.45) is 7.24. The van der Waals surface area contributed by atoms with Gasteiger partial charge in [-0.3, -0.25) is 4.98 Å². The maximum absolute atomic E-state index is 4.19. The highest BCUT2D eigenvalue weighted by molar-refractivity contribution is 7.08. The van der Waals surface area contributed by atoms with Crippen molar-refractivity contribution in [2.45, 2.75) is 6.54 Å². The average molecular weight is 256 g/mol. The normalized spacial score (nSPS) is 10.4. The smallest absolute Gasteiger partial charge is 0.0923 e. The Kier molecular flexibility index (Phi) is 3.06. The second-order valence-electron chi connectivity index (χ2n) is 3.85. The first-order chi connectivity index (χ1) is 8.93. The number of aromatic amines is 1. The van der Waals surface area contributed by atoms with Crippen molar-refractivity contribution < 1.29 is 0 Å². The van der Waals surface area contributed by atoms with Crippen LogP contribution in [0.15, 0.2) is 47.8 Å². The van der Waals surface area contributed by atoms with E-state index in [0.29, 0.717) is 6.54 Å². The third-order valence-electron chi connectivity index (χ3n) is 2.65. The lowest BCUT2D eigenvalue weighted by molar-refractivity contribution is 1.08. The van der Waals surface area contributed by atoms with Gasteiger partial charge in [-0.25, -0.2) is 4.98 Å². The van der Waals surface area contributed by atoms with Crippen LogP contribution in [0.3, 0.4) is 0 Å². The molecule has 3 rings (SSSR count). The van der Waals surface area contributed by atoms with Crippen molar-refractivity contribution in [2.75, 3.05) is 5.32 Å². The van der Waals surface area contributed by atoms with E-state index in [2.05, 4.69) is 37.1 Å². The van der Waals surface area contributed by atoms with E-state index in [1.54, 1.807) is 23.9 Å². The lowest BCUT2D eigenvalue weighted by Gasteiger charge is -2.06. The van der Waals surface area contributed by atoms with E-state index in [1.807, 2.05) is 18.5 Å². The molecular weight excluding hydrogens is 244 g/mol. The van der Waals surface area contributed by atoms with E-state index in [1.165, 1.54) is 5.56 Å². The highest BCUT2D eigenvalue weighted by Gasteiger charge is 2.06. The third-order valence-corrected chi connectivity index (χ3v) is 3.39. The molecule has 2 N–H and O–H groups in total. The van der Waals surface area contributed by atoms with Crippen LogP contribution in [0.5, 0.6) is 0 Å². The van der Waals surface area contributed by atoms with Crippen LogP contribution >= 0.6 is 11.3 Å². The van der Waals surface area contributed by atoms with E-state index < -0.39 is 0 Å². The molecular formula is C13H12N4S. The van der Waals surface area contributed by atoms with Gasteiger partial charge in [0.05, 0.1) is 24.3 Å². The van der Waals surface area contributed by atoms with Crippen molar-refractivity contribution in [3.8, 4) is 11.1 Å². The molecule has 0 saturated heterocycles. The highest BCUT2D eigenvalue weighted by Crippen LogP contribution is 2.31. The number of anilines is 1. The van der Waals surface area contributed by atoms with Crippen LogP contribution in [0.25, 0.3) is 11.1 Å². The highest BCUT2D eigenvalue weighted by atomic mass is 32.1. The van der Waals surface area contributed by atoms with Crippen molar-refractivity contribution in [1.29, 1.82) is 0 Å². The number of pyridine rings is 1. The van der Waals surface area contributed by atoms with Crippen molar-refractivity contribution in [3.05, 3.63) is 53.5 Å². The van der Waals surface area contributed by atoms with Gasteiger partial charge in [-0.1, -0.05) is 6.07 Å². The summed E-state index contributed by atoms with van der Waals surface area (Å²) >= 11 is 1.68. The summed E-state index contributed by atoms with van der Waals surface area (Å²) in [6, 6.07) is 4.01. The Labute approximate surface area is 109 Å². The van der Waals surface area contributed by atoms with Crippen molar-refractivity contribution in [2.24, 2.45) is 0 Å². The summed E-state index contributed by atoms with van der Waals surface area (Å²) in [5.41, 5.74) is 4.43. The number of aromatic nitrogens is 3. The van der Waals surface area contributed by atoms with Gasteiger partial charge in [0.25, 0.3) is 0 Å². The zero-order valence-corrected chi connectivity index (χ0v) is 10.4. The molecule has 0 aliphatic rings. The first-order valence-corrected chi connectivity index (χ1v) is 6.56. The summed E-state index contributed by atoms with van der Waals surface area (Å²) < 4.78 is 0. The Morgan fingerprint density at radius 2 is 2.33 bits per heavy atom. The van der Waals surface area contributed by atoms with E-state index in [-0.39, 0.29) is 0 Å². The topological polar surface area (TPSA) is 53.6 Å². The zero-order valence-electron chi connectivity index (χ0n) is 9.63. The number of nitrogens with zero attached hydrogens (tertiary/aromatic N) is 2. The molecule has 3 aromatic rings. The van der Waals surface area contributed by atoms with E-state index in [9.17, 15) is 0 Å². The maximum atomic E-state index is 4.19. The number of nitrogens with one attached hydrogen (secondary N) is 2. The number of hydrogen-bond donors (Lipinski definition) is 2. The number of thiophene rings is 1. The molecule has 0 bridgehead atoms. The van der Waals surface area contributed by atoms with Crippen LogP contribution in [0.2, 0.25) is 0 Å². The summed E-state index contributed by atoms with van der Waals surface area (Å²) in [5.74, 6) is 0. The summed E-state index contributed by atoms with van der Waals surface area (Å²) in [7, 11) is 0. The minimum absolute atomic E-state index is 0.716. The SMILES string of the molecule is c1cncc(-c2cscc2NCc2c[nH]cn2)c1. The predicted molar refractivity (Wildman–Crippen MR) is 73.5 cm³/mol. The lowest BCUT2D eigenvalue weighted by atomic mass is 10.1. The molecule has 0 aromatic carbocycles. The Bertz CT molecular complexity index is 601. The van der Waals surface area contributed by atoms with Gasteiger partial charge >= 0.3 is 0 Å². The molecule has 0 amide bonds. The monoisotopic (exact) mass is 256 g/mol. The fourth-order valence-electron chi connectivity index (χ4n) is 1.75. The molecule has 0 radical (unpaired) electrons. The molecule has 0 spiro atoms. The average Bonchev–Trinajstić information content (AvgIpc) is 3.09. The van der Waals surface area contributed by atoms with E-state index >= 15 is 0 Å². The Morgan fingerprint density at radius 3 is 3.11 bits per heavy atom. The van der Waals surface area contributed by atoms with Gasteiger partial charge in [0.2, 0.25) is 0 Å². The molecule has 4 nitrogen and oxygen atoms in total. The Hall–Kier alpha value is -2.14. The first kappa shape index (κ1) is 11.0. The predicted octanol–water partition coefficient (Wildman–Crippen LogP) is 3.15. The van der Waals surface area contributed by atoms with Crippen LogP contribution in [-0.2, 0) is 6.54 Å². The van der Waals surface area contributed by atoms with E-state index in [0.717, 1.165) is 16.9 Å². The van der Waals surface area contributed by atoms with Gasteiger partial charge in [0, 0.05) is 40.5 Å². The Morgan fingerprint density at radius 1 is 1.33 bits per heavy atom. The molecule has 0 atom stereocenters. The number of H-pyrrole nitrogens is 1. The molecule has 0 aliphatic carbocycles. The van der Waals surface area contributed by atoms with Crippen LogP contribution in [0.4, 0.5) is 5.69 Å². The first-order valence-electron chi connectivity index (χ1n) is 5.61. The second kappa shape index (κ2) is 5.01. The summed E-state index contributed by atoms with van der Waals surface area (Å²) in [4.78, 5) is 11.3. The molecule has 3 aromatic heterocycles. The van der Waals surface area contributed by atoms with Crippen LogP contribution in [-0.4, -0.2) is 15.0 Å². The molecule has 5 heteroatoms. The standard InChI is InChI=1S/C13H12N4S/c1-2-10(4-14-3-1)12-7-18-8-13(12)16-6-11-5-15-9-17-11/h1-5,7-9,16H,6H2,(H,15,17). The lowest BCUT2D eigenvalue weighted by Crippen LogP contribution is -1.99. The summed E-state index contributed by atoms with van der Waals surface area (Å²) in [5, 5.41) is 7.63. The Balaban J connectivity index is 1.80. The quantitative estimate of drug-likeness (QED) is 0.754. The zero-order chi connectivity index (χ0) is 12.2. The minimum Gasteiger partial charge on any atom is -0.378 e. The van der Waals surface area contributed by atoms with Crippen molar-refractivity contribution in [1.82, 2.24) is 15.0 Å². The molecule has 0 unspecified atom stereocenters. The summed E-state index contributed by atoms with van der Waals surface area (Å²) in [6.45, 7) is 0.716. The van der Waals surface area contributed by atoms with Gasteiger partial charge in [-0.15, -0.1) is 11.3 Å². The number of imidazole rings is 1. The van der Waals surface area contributed by atoms with Gasteiger partial charge in [0.1, 0.15) is 0 Å². The van der Waals surface area contributed by atoms with Crippen LogP contribution in [0, 0.1) is 0 Å². The number of rotatable bonds is 4. The van der Waals surface area contributed by atoms with Gasteiger partial charge in [0.15, 0.2) is 0 Å². The molecule has 0 fully saturated rings. The van der Waals surface area contributed by atoms with Crippen LogP contribution in [0.1, 0.15) is 5.69 Å². The van der Waals surface area contributed by atoms with Gasteiger partial charge < -0.3 is 10.3 Å². The molecule has 3 heterocycles. The second-order valence-corrected chi connectivity index (χ2v) is 4.60. The van der Waals surface area contributed by atoms with Gasteiger partial charge in [-0.05, 0) is 6.07 Å². The third kappa shape index (κ3) is 2.26. The van der Waals surface area contributed by atoms with Gasteiger partial charge in [-0.2, -0.15) is 0 Å². The minimum atomic E-state index is 0.716.